The topological polar surface area (TPSA) is 25.8 Å². The van der Waals surface area contributed by atoms with Gasteiger partial charge in [-0.2, -0.15) is 12.1 Å². The van der Waals surface area contributed by atoms with Gasteiger partial charge in [0.15, 0.2) is 0 Å². The maximum Gasteiger partial charge on any atom is 0.0239 e. The molecule has 1 radical (unpaired) electrons. The van der Waals surface area contributed by atoms with E-state index in [2.05, 4.69) is 96.6 Å². The fourth-order valence-corrected chi connectivity index (χ4v) is 5.55. The smallest absolute Gasteiger partial charge is 0.0239 e. The fourth-order valence-electron chi connectivity index (χ4n) is 4.90. The summed E-state index contributed by atoms with van der Waals surface area (Å²) < 4.78 is 0. The summed E-state index contributed by atoms with van der Waals surface area (Å²) >= 11 is 1.66. The summed E-state index contributed by atoms with van der Waals surface area (Å²) in [7, 11) is 0. The third-order valence-corrected chi connectivity index (χ3v) is 7.62. The van der Waals surface area contributed by atoms with Crippen molar-refractivity contribution in [1.29, 1.82) is 0 Å². The van der Waals surface area contributed by atoms with E-state index >= 15 is 0 Å². The summed E-state index contributed by atoms with van der Waals surface area (Å²) in [6.45, 7) is 4.60. The molecule has 0 amide bonds. The molecular formula is C33H24IrN2S-2. The number of pyridine rings is 2. The van der Waals surface area contributed by atoms with Crippen LogP contribution < -0.4 is 0 Å². The molecule has 0 atom stereocenters. The molecule has 4 heteroatoms. The van der Waals surface area contributed by atoms with E-state index in [-0.39, 0.29) is 25.5 Å². The molecule has 0 unspecified atom stereocenters. The zero-order valence-electron chi connectivity index (χ0n) is 20.5. The van der Waals surface area contributed by atoms with Crippen LogP contribution in [0.1, 0.15) is 25.0 Å². The largest absolute Gasteiger partial charge is 0.319 e. The molecule has 7 rings (SSSR count). The molecule has 6 aromatic rings. The van der Waals surface area contributed by atoms with E-state index in [1.807, 2.05) is 41.9 Å². The first-order valence-electron chi connectivity index (χ1n) is 12.0. The van der Waals surface area contributed by atoms with Gasteiger partial charge in [0.25, 0.3) is 0 Å². The molecule has 0 aliphatic heterocycles. The molecule has 0 spiro atoms. The molecule has 3 aromatic carbocycles. The number of nitrogens with zero attached hydrogens (tertiary/aromatic N) is 2. The van der Waals surface area contributed by atoms with Gasteiger partial charge >= 0.3 is 0 Å². The maximum absolute atomic E-state index is 4.67. The Morgan fingerprint density at radius 2 is 1.51 bits per heavy atom. The molecule has 0 bridgehead atoms. The van der Waals surface area contributed by atoms with E-state index in [1.54, 1.807) is 17.5 Å². The first-order valence-corrected chi connectivity index (χ1v) is 12.9. The Bertz CT molecular complexity index is 1660. The van der Waals surface area contributed by atoms with E-state index in [1.165, 1.54) is 33.0 Å². The van der Waals surface area contributed by atoms with Gasteiger partial charge in [0, 0.05) is 32.5 Å². The number of rotatable bonds is 2. The van der Waals surface area contributed by atoms with Crippen molar-refractivity contribution >= 4 is 22.1 Å². The third-order valence-electron chi connectivity index (χ3n) is 6.79. The molecule has 0 N–H and O–H groups in total. The number of aromatic nitrogens is 2. The molecule has 37 heavy (non-hydrogen) atoms. The fraction of sp³-hybridized carbons (Fsp3) is 0.0909. The standard InChI is InChI=1S/C24H18N.C9H6NS.Ir/c1-24(2)21-10-6-5-9-19(21)20-12-11-17(13-22(20)24)23-14-16-7-3-4-8-18(16)15-25-23;1-2-6-10-8(4-1)9-5-3-7-11-9;/h3-10,12-15H,1-2H3;1-4,6-7H;/q2*-1;. The molecule has 1 aliphatic carbocycles. The van der Waals surface area contributed by atoms with Crippen molar-refractivity contribution in [2.24, 2.45) is 0 Å². The number of thiophene rings is 1. The molecular weight excluding hydrogens is 649 g/mol. The van der Waals surface area contributed by atoms with Gasteiger partial charge in [-0.3, -0.25) is 0 Å². The number of benzene rings is 3. The first-order chi connectivity index (χ1) is 17.6. The van der Waals surface area contributed by atoms with Crippen LogP contribution in [0, 0.1) is 12.1 Å². The van der Waals surface area contributed by atoms with Crippen molar-refractivity contribution in [3.63, 3.8) is 0 Å². The molecule has 0 fully saturated rings. The number of fused-ring (bicyclic) bond motifs is 4. The van der Waals surface area contributed by atoms with Crippen LogP contribution in [-0.4, -0.2) is 9.97 Å². The number of hydrogen-bond acceptors (Lipinski definition) is 3. The van der Waals surface area contributed by atoms with E-state index < -0.39 is 0 Å². The Morgan fingerprint density at radius 3 is 2.30 bits per heavy atom. The van der Waals surface area contributed by atoms with Crippen LogP contribution in [-0.2, 0) is 25.5 Å². The minimum Gasteiger partial charge on any atom is -0.319 e. The van der Waals surface area contributed by atoms with Crippen LogP contribution >= 0.6 is 11.3 Å². The second-order valence-corrected chi connectivity index (χ2v) is 10.3. The molecule has 1 aliphatic rings. The van der Waals surface area contributed by atoms with Gasteiger partial charge in [-0.1, -0.05) is 96.6 Å². The quantitative estimate of drug-likeness (QED) is 0.172. The van der Waals surface area contributed by atoms with Crippen molar-refractivity contribution in [2.75, 3.05) is 0 Å². The third kappa shape index (κ3) is 4.81. The van der Waals surface area contributed by atoms with Crippen LogP contribution in [0.3, 0.4) is 0 Å². The Balaban J connectivity index is 0.000000197. The molecule has 2 nitrogen and oxygen atoms in total. The minimum atomic E-state index is 0. The second-order valence-electron chi connectivity index (χ2n) is 9.37. The Morgan fingerprint density at radius 1 is 0.730 bits per heavy atom. The number of hydrogen-bond donors (Lipinski definition) is 0. The van der Waals surface area contributed by atoms with Crippen LogP contribution in [0.15, 0.2) is 109 Å². The van der Waals surface area contributed by atoms with Crippen LogP contribution in [0.5, 0.6) is 0 Å². The van der Waals surface area contributed by atoms with Gasteiger partial charge in [-0.25, -0.2) is 11.3 Å². The van der Waals surface area contributed by atoms with E-state index in [0.29, 0.717) is 0 Å². The summed E-state index contributed by atoms with van der Waals surface area (Å²) in [5.74, 6) is 0. The SMILES string of the molecule is CC1(C)c2ccccc2-c2c[c-]c(-c3cc4ccccc4cn3)cc21.[Ir].[c-]1ccsc1-c1ccccn1. The zero-order chi connectivity index (χ0) is 24.5. The van der Waals surface area contributed by atoms with Crippen molar-refractivity contribution in [1.82, 2.24) is 9.97 Å². The monoisotopic (exact) mass is 673 g/mol. The maximum atomic E-state index is 4.67. The van der Waals surface area contributed by atoms with Crippen molar-refractivity contribution < 1.29 is 20.1 Å². The van der Waals surface area contributed by atoms with Gasteiger partial charge in [0.05, 0.1) is 0 Å². The summed E-state index contributed by atoms with van der Waals surface area (Å²) in [4.78, 5) is 9.97. The molecule has 3 aromatic heterocycles. The second kappa shape index (κ2) is 10.5. The molecule has 3 heterocycles. The van der Waals surface area contributed by atoms with Gasteiger partial charge < -0.3 is 9.97 Å². The van der Waals surface area contributed by atoms with Gasteiger partial charge in [0.1, 0.15) is 0 Å². The average Bonchev–Trinajstić information content (AvgIpc) is 3.55. The van der Waals surface area contributed by atoms with Gasteiger partial charge in [-0.05, 0) is 39.2 Å². The van der Waals surface area contributed by atoms with Crippen molar-refractivity contribution in [3.05, 3.63) is 132 Å². The Labute approximate surface area is 235 Å². The predicted octanol–water partition coefficient (Wildman–Crippen LogP) is 8.62. The summed E-state index contributed by atoms with van der Waals surface area (Å²) in [5, 5.41) is 4.38. The van der Waals surface area contributed by atoms with Gasteiger partial charge in [-0.15, -0.1) is 34.7 Å². The minimum absolute atomic E-state index is 0. The van der Waals surface area contributed by atoms with E-state index in [0.717, 1.165) is 21.8 Å². The first kappa shape index (κ1) is 25.2. The van der Waals surface area contributed by atoms with Crippen LogP contribution in [0.2, 0.25) is 0 Å². The average molecular weight is 673 g/mol. The van der Waals surface area contributed by atoms with Crippen molar-refractivity contribution in [3.8, 4) is 33.0 Å². The van der Waals surface area contributed by atoms with Crippen LogP contribution in [0.4, 0.5) is 0 Å². The molecule has 0 saturated carbocycles. The van der Waals surface area contributed by atoms with Gasteiger partial charge in [0.2, 0.25) is 0 Å². The van der Waals surface area contributed by atoms with E-state index in [4.69, 9.17) is 0 Å². The molecule has 0 saturated heterocycles. The van der Waals surface area contributed by atoms with Crippen LogP contribution in [0.25, 0.3) is 43.7 Å². The van der Waals surface area contributed by atoms with E-state index in [9.17, 15) is 0 Å². The summed E-state index contributed by atoms with van der Waals surface area (Å²) in [5.41, 5.74) is 8.43. The summed E-state index contributed by atoms with van der Waals surface area (Å²) in [6, 6.07) is 38.0. The summed E-state index contributed by atoms with van der Waals surface area (Å²) in [6.07, 6.45) is 3.74. The normalized spacial score (nSPS) is 12.6. The van der Waals surface area contributed by atoms with Crippen molar-refractivity contribution in [2.45, 2.75) is 19.3 Å². The predicted molar refractivity (Wildman–Crippen MR) is 150 cm³/mol. The Kier molecular flexibility index (Phi) is 7.17. The molecule has 183 valence electrons. The Hall–Kier alpha value is -3.43. The zero-order valence-corrected chi connectivity index (χ0v) is 23.7.